The number of nitriles is 1. The minimum Gasteiger partial charge on any atom is -0.198 e. The maximum Gasteiger partial charge on any atom is 0.0625 e. The van der Waals surface area contributed by atoms with Crippen LogP contribution >= 0.6 is 0 Å². The van der Waals surface area contributed by atoms with Crippen molar-refractivity contribution in [2.45, 2.75) is 26.2 Å². The summed E-state index contributed by atoms with van der Waals surface area (Å²) in [4.78, 5) is 0. The van der Waals surface area contributed by atoms with E-state index in [0.29, 0.717) is 6.42 Å². The molecule has 62 valence electrons. The van der Waals surface area contributed by atoms with Crippen LogP contribution in [0, 0.1) is 11.3 Å². The van der Waals surface area contributed by atoms with Crippen LogP contribution in [-0.4, -0.2) is 0 Å². The average molecular weight is 159 g/mol. The highest BCUT2D eigenvalue weighted by Gasteiger charge is 1.92. The summed E-state index contributed by atoms with van der Waals surface area (Å²) < 4.78 is 0. The highest BCUT2D eigenvalue weighted by Crippen LogP contribution is 2.06. The summed E-state index contributed by atoms with van der Waals surface area (Å²) in [5.41, 5.74) is 2.62. The van der Waals surface area contributed by atoms with E-state index in [-0.39, 0.29) is 0 Å². The van der Waals surface area contributed by atoms with Crippen LogP contribution in [0.4, 0.5) is 0 Å². The Hall–Kier alpha value is -1.29. The lowest BCUT2D eigenvalue weighted by atomic mass is 10.1. The van der Waals surface area contributed by atoms with Gasteiger partial charge in [0.1, 0.15) is 0 Å². The number of nitrogens with zero attached hydrogens (tertiary/aromatic N) is 1. The Morgan fingerprint density at radius 3 is 2.25 bits per heavy atom. The molecule has 0 N–H and O–H groups in total. The van der Waals surface area contributed by atoms with E-state index >= 15 is 0 Å². The maximum atomic E-state index is 8.38. The molecule has 0 aliphatic rings. The zero-order chi connectivity index (χ0) is 8.81. The van der Waals surface area contributed by atoms with Gasteiger partial charge in [0, 0.05) is 6.42 Å². The van der Waals surface area contributed by atoms with Crippen molar-refractivity contribution in [3.8, 4) is 6.07 Å². The minimum atomic E-state index is 0.617. The molecule has 0 saturated heterocycles. The fraction of sp³-hybridized carbons (Fsp3) is 0.364. The van der Waals surface area contributed by atoms with Gasteiger partial charge in [0.2, 0.25) is 0 Å². The second kappa shape index (κ2) is 4.56. The van der Waals surface area contributed by atoms with Crippen LogP contribution in [0.5, 0.6) is 0 Å². The number of aryl methyl sites for hydroxylation is 2. The van der Waals surface area contributed by atoms with E-state index in [1.807, 2.05) is 0 Å². The predicted molar refractivity (Wildman–Crippen MR) is 49.8 cm³/mol. The fourth-order valence-corrected chi connectivity index (χ4v) is 1.14. The third-order valence-electron chi connectivity index (χ3n) is 1.96. The van der Waals surface area contributed by atoms with Crippen molar-refractivity contribution in [1.82, 2.24) is 0 Å². The topological polar surface area (TPSA) is 23.8 Å². The van der Waals surface area contributed by atoms with Crippen molar-refractivity contribution >= 4 is 0 Å². The highest BCUT2D eigenvalue weighted by atomic mass is 14.2. The summed E-state index contributed by atoms with van der Waals surface area (Å²) in [6.45, 7) is 2.14. The Kier molecular flexibility index (Phi) is 3.35. The van der Waals surface area contributed by atoms with E-state index in [9.17, 15) is 0 Å². The highest BCUT2D eigenvalue weighted by molar-refractivity contribution is 5.22. The number of hydrogen-bond donors (Lipinski definition) is 0. The van der Waals surface area contributed by atoms with Gasteiger partial charge in [0.05, 0.1) is 6.07 Å². The molecule has 0 amide bonds. The molecule has 12 heavy (non-hydrogen) atoms. The standard InChI is InChI=1S/C11H13N/c1-2-10-5-7-11(8-6-10)4-3-9-12/h5-8H,2-4H2,1H3. The van der Waals surface area contributed by atoms with Crippen molar-refractivity contribution < 1.29 is 0 Å². The van der Waals surface area contributed by atoms with E-state index in [1.165, 1.54) is 11.1 Å². The first-order valence-electron chi connectivity index (χ1n) is 4.31. The number of benzene rings is 1. The Bertz CT molecular complexity index is 266. The van der Waals surface area contributed by atoms with Gasteiger partial charge in [-0.3, -0.25) is 0 Å². The SMILES string of the molecule is CCc1ccc(CCC#N)cc1. The van der Waals surface area contributed by atoms with Gasteiger partial charge in [-0.2, -0.15) is 5.26 Å². The molecule has 0 aromatic heterocycles. The van der Waals surface area contributed by atoms with E-state index in [0.717, 1.165) is 12.8 Å². The van der Waals surface area contributed by atoms with Gasteiger partial charge in [0.25, 0.3) is 0 Å². The zero-order valence-corrected chi connectivity index (χ0v) is 7.38. The van der Waals surface area contributed by atoms with E-state index < -0.39 is 0 Å². The first-order chi connectivity index (χ1) is 5.86. The Morgan fingerprint density at radius 1 is 1.17 bits per heavy atom. The molecule has 0 radical (unpaired) electrons. The van der Waals surface area contributed by atoms with Gasteiger partial charge in [0.15, 0.2) is 0 Å². The summed E-state index contributed by atoms with van der Waals surface area (Å²) in [7, 11) is 0. The third-order valence-corrected chi connectivity index (χ3v) is 1.96. The molecule has 1 nitrogen and oxygen atoms in total. The Morgan fingerprint density at radius 2 is 1.75 bits per heavy atom. The lowest BCUT2D eigenvalue weighted by Crippen LogP contribution is -1.85. The van der Waals surface area contributed by atoms with Gasteiger partial charge in [-0.05, 0) is 24.0 Å². The van der Waals surface area contributed by atoms with Crippen molar-refractivity contribution in [3.63, 3.8) is 0 Å². The normalized spacial score (nSPS) is 9.33. The average Bonchev–Trinajstić information content (AvgIpc) is 2.15. The second-order valence-corrected chi connectivity index (χ2v) is 2.83. The molecule has 0 fully saturated rings. The molecule has 0 atom stereocenters. The summed E-state index contributed by atoms with van der Waals surface area (Å²) in [6.07, 6.45) is 2.57. The van der Waals surface area contributed by atoms with Crippen molar-refractivity contribution in [2.24, 2.45) is 0 Å². The van der Waals surface area contributed by atoms with Crippen LogP contribution in [-0.2, 0) is 12.8 Å². The monoisotopic (exact) mass is 159 g/mol. The second-order valence-electron chi connectivity index (χ2n) is 2.83. The lowest BCUT2D eigenvalue weighted by molar-refractivity contribution is 1.01. The smallest absolute Gasteiger partial charge is 0.0625 e. The Balaban J connectivity index is 2.60. The molecule has 1 aromatic carbocycles. The van der Waals surface area contributed by atoms with Crippen molar-refractivity contribution in [3.05, 3.63) is 35.4 Å². The first kappa shape index (κ1) is 8.80. The molecule has 0 spiro atoms. The summed E-state index contributed by atoms with van der Waals surface area (Å²) >= 11 is 0. The molecule has 1 aromatic rings. The molecule has 0 aliphatic carbocycles. The first-order valence-corrected chi connectivity index (χ1v) is 4.31. The largest absolute Gasteiger partial charge is 0.198 e. The molecule has 1 rings (SSSR count). The lowest BCUT2D eigenvalue weighted by Gasteiger charge is -1.98. The molecular weight excluding hydrogens is 146 g/mol. The van der Waals surface area contributed by atoms with Crippen LogP contribution in [0.15, 0.2) is 24.3 Å². The fourth-order valence-electron chi connectivity index (χ4n) is 1.14. The molecule has 0 saturated carbocycles. The quantitative estimate of drug-likeness (QED) is 0.665. The van der Waals surface area contributed by atoms with Gasteiger partial charge in [-0.25, -0.2) is 0 Å². The van der Waals surface area contributed by atoms with Crippen LogP contribution < -0.4 is 0 Å². The van der Waals surface area contributed by atoms with Gasteiger partial charge < -0.3 is 0 Å². The van der Waals surface area contributed by atoms with Gasteiger partial charge in [-0.15, -0.1) is 0 Å². The van der Waals surface area contributed by atoms with E-state index in [2.05, 4.69) is 37.3 Å². The third kappa shape index (κ3) is 2.39. The van der Waals surface area contributed by atoms with Gasteiger partial charge >= 0.3 is 0 Å². The van der Waals surface area contributed by atoms with Crippen LogP contribution in [0.2, 0.25) is 0 Å². The van der Waals surface area contributed by atoms with Crippen LogP contribution in [0.25, 0.3) is 0 Å². The zero-order valence-electron chi connectivity index (χ0n) is 7.38. The van der Waals surface area contributed by atoms with E-state index in [1.54, 1.807) is 0 Å². The molecular formula is C11H13N. The summed E-state index contributed by atoms with van der Waals surface area (Å²) in [5.74, 6) is 0. The molecule has 0 unspecified atom stereocenters. The summed E-state index contributed by atoms with van der Waals surface area (Å²) in [5, 5.41) is 8.38. The molecule has 0 bridgehead atoms. The minimum absolute atomic E-state index is 0.617. The molecule has 1 heteroatoms. The van der Waals surface area contributed by atoms with Crippen molar-refractivity contribution in [2.75, 3.05) is 0 Å². The molecule has 0 heterocycles. The number of hydrogen-bond acceptors (Lipinski definition) is 1. The predicted octanol–water partition coefficient (Wildman–Crippen LogP) is 2.71. The van der Waals surface area contributed by atoms with Crippen LogP contribution in [0.3, 0.4) is 0 Å². The van der Waals surface area contributed by atoms with E-state index in [4.69, 9.17) is 5.26 Å². The number of rotatable bonds is 3. The van der Waals surface area contributed by atoms with Crippen LogP contribution in [0.1, 0.15) is 24.5 Å². The summed E-state index contributed by atoms with van der Waals surface area (Å²) in [6, 6.07) is 10.6. The maximum absolute atomic E-state index is 8.38. The Labute approximate surface area is 73.6 Å². The van der Waals surface area contributed by atoms with Crippen molar-refractivity contribution in [1.29, 1.82) is 5.26 Å². The van der Waals surface area contributed by atoms with Gasteiger partial charge in [-0.1, -0.05) is 31.2 Å². The molecule has 0 aliphatic heterocycles.